The van der Waals surface area contributed by atoms with Gasteiger partial charge in [-0.15, -0.1) is 0 Å². The number of carboxylic acids is 1. The molecule has 1 aliphatic carbocycles. The molecular formula is C12H22N2O3. The zero-order valence-electron chi connectivity index (χ0n) is 10.5. The van der Waals surface area contributed by atoms with Gasteiger partial charge >= 0.3 is 12.0 Å². The fourth-order valence-electron chi connectivity index (χ4n) is 1.83. The van der Waals surface area contributed by atoms with Crippen molar-refractivity contribution in [2.75, 3.05) is 6.54 Å². The summed E-state index contributed by atoms with van der Waals surface area (Å²) in [4.78, 5) is 22.1. The largest absolute Gasteiger partial charge is 0.481 e. The highest BCUT2D eigenvalue weighted by Gasteiger charge is 2.27. The number of urea groups is 1. The second kappa shape index (κ2) is 6.47. The second-order valence-electron chi connectivity index (χ2n) is 4.87. The van der Waals surface area contributed by atoms with Gasteiger partial charge < -0.3 is 15.7 Å². The number of rotatable bonds is 7. The minimum absolute atomic E-state index is 0.0257. The van der Waals surface area contributed by atoms with E-state index in [2.05, 4.69) is 17.6 Å². The number of aliphatic carboxylic acids is 1. The van der Waals surface area contributed by atoms with Crippen LogP contribution in [0.3, 0.4) is 0 Å². The number of hydrogen-bond acceptors (Lipinski definition) is 2. The van der Waals surface area contributed by atoms with Crippen molar-refractivity contribution in [1.29, 1.82) is 0 Å². The van der Waals surface area contributed by atoms with Gasteiger partial charge in [-0.25, -0.2) is 4.79 Å². The Morgan fingerprint density at radius 1 is 1.41 bits per heavy atom. The van der Waals surface area contributed by atoms with Crippen LogP contribution in [-0.2, 0) is 4.79 Å². The smallest absolute Gasteiger partial charge is 0.315 e. The van der Waals surface area contributed by atoms with Gasteiger partial charge in [-0.05, 0) is 31.1 Å². The molecule has 0 spiro atoms. The Kier molecular flexibility index (Phi) is 5.25. The molecule has 1 fully saturated rings. The van der Waals surface area contributed by atoms with E-state index >= 15 is 0 Å². The topological polar surface area (TPSA) is 78.4 Å². The molecule has 2 atom stereocenters. The van der Waals surface area contributed by atoms with Crippen LogP contribution in [-0.4, -0.2) is 29.7 Å². The average molecular weight is 242 g/mol. The Hall–Kier alpha value is -1.26. The zero-order chi connectivity index (χ0) is 12.8. The SMILES string of the molecule is CCC(CC(=O)O)NC(=O)NCC(C)C1CC1. The summed E-state index contributed by atoms with van der Waals surface area (Å²) >= 11 is 0. The van der Waals surface area contributed by atoms with E-state index in [0.29, 0.717) is 18.9 Å². The molecule has 1 saturated carbocycles. The van der Waals surface area contributed by atoms with Crippen molar-refractivity contribution in [2.45, 2.75) is 45.6 Å². The maximum atomic E-state index is 11.5. The van der Waals surface area contributed by atoms with Crippen LogP contribution in [0.15, 0.2) is 0 Å². The van der Waals surface area contributed by atoms with Gasteiger partial charge in [0.25, 0.3) is 0 Å². The molecule has 98 valence electrons. The Morgan fingerprint density at radius 2 is 2.06 bits per heavy atom. The van der Waals surface area contributed by atoms with Crippen molar-refractivity contribution in [2.24, 2.45) is 11.8 Å². The quantitative estimate of drug-likeness (QED) is 0.634. The molecule has 0 bridgehead atoms. The van der Waals surface area contributed by atoms with Gasteiger partial charge in [-0.2, -0.15) is 0 Å². The van der Waals surface area contributed by atoms with E-state index in [1.165, 1.54) is 12.8 Å². The van der Waals surface area contributed by atoms with Crippen molar-refractivity contribution >= 4 is 12.0 Å². The summed E-state index contributed by atoms with van der Waals surface area (Å²) in [7, 11) is 0. The van der Waals surface area contributed by atoms with E-state index in [-0.39, 0.29) is 18.5 Å². The predicted molar refractivity (Wildman–Crippen MR) is 64.8 cm³/mol. The minimum atomic E-state index is -0.886. The Balaban J connectivity index is 2.19. The molecule has 0 saturated heterocycles. The minimum Gasteiger partial charge on any atom is -0.481 e. The summed E-state index contributed by atoms with van der Waals surface area (Å²) < 4.78 is 0. The van der Waals surface area contributed by atoms with Crippen molar-refractivity contribution < 1.29 is 14.7 Å². The first-order valence-corrected chi connectivity index (χ1v) is 6.29. The molecule has 0 aromatic rings. The van der Waals surface area contributed by atoms with Crippen LogP contribution in [0.1, 0.15) is 39.5 Å². The van der Waals surface area contributed by atoms with E-state index in [9.17, 15) is 9.59 Å². The predicted octanol–water partition coefficient (Wildman–Crippen LogP) is 1.58. The zero-order valence-corrected chi connectivity index (χ0v) is 10.5. The average Bonchev–Trinajstić information content (AvgIpc) is 3.08. The highest BCUT2D eigenvalue weighted by Crippen LogP contribution is 2.35. The van der Waals surface area contributed by atoms with Gasteiger partial charge in [0.1, 0.15) is 0 Å². The molecule has 2 unspecified atom stereocenters. The fraction of sp³-hybridized carbons (Fsp3) is 0.833. The maximum Gasteiger partial charge on any atom is 0.315 e. The molecule has 0 aliphatic heterocycles. The number of nitrogens with one attached hydrogen (secondary N) is 2. The lowest BCUT2D eigenvalue weighted by molar-refractivity contribution is -0.137. The first kappa shape index (κ1) is 13.8. The first-order valence-electron chi connectivity index (χ1n) is 6.29. The van der Waals surface area contributed by atoms with Gasteiger partial charge in [-0.1, -0.05) is 13.8 Å². The van der Waals surface area contributed by atoms with Crippen molar-refractivity contribution in [1.82, 2.24) is 10.6 Å². The van der Waals surface area contributed by atoms with Crippen molar-refractivity contribution in [3.63, 3.8) is 0 Å². The maximum absolute atomic E-state index is 11.5. The monoisotopic (exact) mass is 242 g/mol. The second-order valence-corrected chi connectivity index (χ2v) is 4.87. The lowest BCUT2D eigenvalue weighted by Gasteiger charge is -2.17. The third kappa shape index (κ3) is 5.56. The molecule has 3 N–H and O–H groups in total. The molecule has 5 heteroatoms. The summed E-state index contributed by atoms with van der Waals surface area (Å²) in [5, 5.41) is 14.1. The molecule has 1 aliphatic rings. The van der Waals surface area contributed by atoms with Gasteiger partial charge in [0.05, 0.1) is 6.42 Å². The van der Waals surface area contributed by atoms with E-state index in [1.54, 1.807) is 0 Å². The molecule has 17 heavy (non-hydrogen) atoms. The summed E-state index contributed by atoms with van der Waals surface area (Å²) in [6.45, 7) is 4.66. The molecule has 2 amide bonds. The molecule has 5 nitrogen and oxygen atoms in total. The number of carbonyl (C=O) groups excluding carboxylic acids is 1. The number of carboxylic acid groups (broad SMARTS) is 1. The summed E-state index contributed by atoms with van der Waals surface area (Å²) in [5.41, 5.74) is 0. The van der Waals surface area contributed by atoms with Gasteiger partial charge in [0.15, 0.2) is 0 Å². The highest BCUT2D eigenvalue weighted by atomic mass is 16.4. The van der Waals surface area contributed by atoms with E-state index in [4.69, 9.17) is 5.11 Å². The number of amides is 2. The molecule has 0 aromatic carbocycles. The van der Waals surface area contributed by atoms with Crippen LogP contribution < -0.4 is 10.6 Å². The summed E-state index contributed by atoms with van der Waals surface area (Å²) in [6, 6.07) is -0.547. The van der Waals surface area contributed by atoms with Gasteiger partial charge in [0, 0.05) is 12.6 Å². The number of carbonyl (C=O) groups is 2. The van der Waals surface area contributed by atoms with Crippen LogP contribution in [0.25, 0.3) is 0 Å². The third-order valence-corrected chi connectivity index (χ3v) is 3.26. The standard InChI is InChI=1S/C12H22N2O3/c1-3-10(6-11(15)16)14-12(17)13-7-8(2)9-4-5-9/h8-10H,3-7H2,1-2H3,(H,15,16)(H2,13,14,17). The van der Waals surface area contributed by atoms with E-state index in [0.717, 1.165) is 5.92 Å². The lowest BCUT2D eigenvalue weighted by atomic mass is 10.1. The highest BCUT2D eigenvalue weighted by molar-refractivity contribution is 5.75. The third-order valence-electron chi connectivity index (χ3n) is 3.26. The van der Waals surface area contributed by atoms with Gasteiger partial charge in [-0.3, -0.25) is 4.79 Å². The molecule has 0 radical (unpaired) electrons. The van der Waals surface area contributed by atoms with Crippen LogP contribution in [0.4, 0.5) is 4.79 Å². The van der Waals surface area contributed by atoms with Crippen LogP contribution >= 0.6 is 0 Å². The Morgan fingerprint density at radius 3 is 2.53 bits per heavy atom. The Labute approximate surface area is 102 Å². The van der Waals surface area contributed by atoms with Crippen LogP contribution in [0.5, 0.6) is 0 Å². The van der Waals surface area contributed by atoms with E-state index < -0.39 is 5.97 Å². The fourth-order valence-corrected chi connectivity index (χ4v) is 1.83. The molecule has 1 rings (SSSR count). The van der Waals surface area contributed by atoms with Crippen LogP contribution in [0.2, 0.25) is 0 Å². The normalized spacial score (nSPS) is 18.2. The molecule has 0 heterocycles. The summed E-state index contributed by atoms with van der Waals surface area (Å²) in [6.07, 6.45) is 3.13. The van der Waals surface area contributed by atoms with Gasteiger partial charge in [0.2, 0.25) is 0 Å². The first-order chi connectivity index (χ1) is 8.02. The molecular weight excluding hydrogens is 220 g/mol. The van der Waals surface area contributed by atoms with Crippen molar-refractivity contribution in [3.8, 4) is 0 Å². The molecule has 0 aromatic heterocycles. The Bertz CT molecular complexity index is 277. The van der Waals surface area contributed by atoms with E-state index in [1.807, 2.05) is 6.92 Å². The number of hydrogen-bond donors (Lipinski definition) is 3. The lowest BCUT2D eigenvalue weighted by Crippen LogP contribution is -2.44. The summed E-state index contributed by atoms with van der Waals surface area (Å²) in [5.74, 6) is 0.389. The van der Waals surface area contributed by atoms with Crippen molar-refractivity contribution in [3.05, 3.63) is 0 Å². The van der Waals surface area contributed by atoms with Crippen LogP contribution in [0, 0.1) is 11.8 Å².